The van der Waals surface area contributed by atoms with E-state index in [-0.39, 0.29) is 12.5 Å². The van der Waals surface area contributed by atoms with Gasteiger partial charge >= 0.3 is 0 Å². The summed E-state index contributed by atoms with van der Waals surface area (Å²) >= 11 is 0. The number of benzene rings is 1. The van der Waals surface area contributed by atoms with E-state index in [1.54, 1.807) is 10.4 Å². The van der Waals surface area contributed by atoms with E-state index < -0.39 is 10.0 Å². The van der Waals surface area contributed by atoms with Crippen molar-refractivity contribution in [2.24, 2.45) is 5.92 Å². The molecule has 0 radical (unpaired) electrons. The van der Waals surface area contributed by atoms with Gasteiger partial charge in [-0.2, -0.15) is 4.31 Å². The average Bonchev–Trinajstić information content (AvgIpc) is 2.94. The molecule has 0 aromatic heterocycles. The number of piperidine rings is 1. The largest absolute Gasteiger partial charge is 0.396 e. The second kappa shape index (κ2) is 5.47. The number of aliphatic hydroxyl groups excluding tert-OH is 1. The molecule has 1 saturated heterocycles. The molecule has 1 aromatic carbocycles. The highest BCUT2D eigenvalue weighted by atomic mass is 32.2. The third-order valence-corrected chi connectivity index (χ3v) is 6.43. The molecule has 1 N–H and O–H groups in total. The Morgan fingerprint density at radius 1 is 1.15 bits per heavy atom. The van der Waals surface area contributed by atoms with Crippen molar-refractivity contribution in [1.29, 1.82) is 0 Å². The highest BCUT2D eigenvalue weighted by Crippen LogP contribution is 2.28. The van der Waals surface area contributed by atoms with Gasteiger partial charge in [-0.15, -0.1) is 0 Å². The Kier molecular flexibility index (Phi) is 3.84. The highest BCUT2D eigenvalue weighted by molar-refractivity contribution is 7.89. The molecule has 3 rings (SSSR count). The Labute approximate surface area is 120 Å². The Morgan fingerprint density at radius 3 is 2.55 bits per heavy atom. The molecule has 0 spiro atoms. The summed E-state index contributed by atoms with van der Waals surface area (Å²) in [5, 5.41) is 9.13. The van der Waals surface area contributed by atoms with Gasteiger partial charge in [0.1, 0.15) is 0 Å². The minimum Gasteiger partial charge on any atom is -0.396 e. The average molecular weight is 295 g/mol. The van der Waals surface area contributed by atoms with Gasteiger partial charge in [0.15, 0.2) is 0 Å². The molecule has 1 aliphatic heterocycles. The molecular formula is C15H21NO3S. The van der Waals surface area contributed by atoms with Crippen molar-refractivity contribution in [1.82, 2.24) is 4.31 Å². The van der Waals surface area contributed by atoms with Gasteiger partial charge in [-0.05, 0) is 61.3 Å². The molecule has 2 aliphatic rings. The summed E-state index contributed by atoms with van der Waals surface area (Å²) in [7, 11) is -3.36. The molecular weight excluding hydrogens is 274 g/mol. The lowest BCUT2D eigenvalue weighted by Crippen LogP contribution is -2.39. The van der Waals surface area contributed by atoms with Crippen LogP contribution in [0.25, 0.3) is 0 Å². The smallest absolute Gasteiger partial charge is 0.243 e. The maximum Gasteiger partial charge on any atom is 0.243 e. The molecule has 0 atom stereocenters. The first-order valence-corrected chi connectivity index (χ1v) is 8.78. The lowest BCUT2D eigenvalue weighted by Gasteiger charge is -2.30. The molecule has 1 heterocycles. The Morgan fingerprint density at radius 2 is 1.85 bits per heavy atom. The van der Waals surface area contributed by atoms with Crippen LogP contribution in [0.4, 0.5) is 0 Å². The summed E-state index contributed by atoms with van der Waals surface area (Å²) in [4.78, 5) is 0.431. The normalized spacial score (nSPS) is 21.1. The van der Waals surface area contributed by atoms with Crippen molar-refractivity contribution in [3.63, 3.8) is 0 Å². The number of sulfonamides is 1. The van der Waals surface area contributed by atoms with Gasteiger partial charge in [-0.1, -0.05) is 6.07 Å². The van der Waals surface area contributed by atoms with Crippen molar-refractivity contribution in [3.8, 4) is 0 Å². The lowest BCUT2D eigenvalue weighted by atomic mass is 10.00. The van der Waals surface area contributed by atoms with Gasteiger partial charge in [0, 0.05) is 19.7 Å². The molecule has 1 aromatic rings. The van der Waals surface area contributed by atoms with E-state index in [1.807, 2.05) is 12.1 Å². The van der Waals surface area contributed by atoms with Gasteiger partial charge in [0.2, 0.25) is 10.0 Å². The van der Waals surface area contributed by atoms with Crippen LogP contribution in [-0.4, -0.2) is 37.5 Å². The van der Waals surface area contributed by atoms with E-state index in [9.17, 15) is 8.42 Å². The molecule has 20 heavy (non-hydrogen) atoms. The number of aryl methyl sites for hydroxylation is 2. The summed E-state index contributed by atoms with van der Waals surface area (Å²) in [6.45, 7) is 1.20. The molecule has 110 valence electrons. The van der Waals surface area contributed by atoms with Crippen LogP contribution in [-0.2, 0) is 22.9 Å². The second-order valence-corrected chi connectivity index (χ2v) is 7.75. The van der Waals surface area contributed by atoms with Crippen LogP contribution in [0.15, 0.2) is 23.1 Å². The van der Waals surface area contributed by atoms with Gasteiger partial charge < -0.3 is 5.11 Å². The monoisotopic (exact) mass is 295 g/mol. The van der Waals surface area contributed by atoms with Crippen LogP contribution in [0.1, 0.15) is 30.4 Å². The van der Waals surface area contributed by atoms with E-state index in [4.69, 9.17) is 5.11 Å². The van der Waals surface area contributed by atoms with E-state index in [0.717, 1.165) is 32.1 Å². The van der Waals surface area contributed by atoms with E-state index in [0.29, 0.717) is 18.0 Å². The summed E-state index contributed by atoms with van der Waals surface area (Å²) in [6.07, 6.45) is 4.69. The zero-order valence-electron chi connectivity index (χ0n) is 11.6. The molecule has 1 aliphatic carbocycles. The van der Waals surface area contributed by atoms with E-state index in [1.165, 1.54) is 11.1 Å². The maximum atomic E-state index is 12.6. The minimum atomic E-state index is -3.36. The molecule has 0 unspecified atom stereocenters. The van der Waals surface area contributed by atoms with Gasteiger partial charge in [-0.25, -0.2) is 8.42 Å². The standard InChI is InChI=1S/C15H21NO3S/c17-11-12-6-8-16(9-7-12)20(18,19)15-5-4-13-2-1-3-14(13)10-15/h4-5,10,12,17H,1-3,6-9,11H2. The molecule has 5 heteroatoms. The number of aliphatic hydroxyl groups is 1. The quantitative estimate of drug-likeness (QED) is 0.921. The molecule has 0 amide bonds. The van der Waals surface area contributed by atoms with E-state index in [2.05, 4.69) is 0 Å². The van der Waals surface area contributed by atoms with Crippen molar-refractivity contribution < 1.29 is 13.5 Å². The van der Waals surface area contributed by atoms with Crippen LogP contribution >= 0.6 is 0 Å². The van der Waals surface area contributed by atoms with Crippen molar-refractivity contribution in [2.75, 3.05) is 19.7 Å². The van der Waals surface area contributed by atoms with Crippen LogP contribution in [0.3, 0.4) is 0 Å². The molecule has 0 bridgehead atoms. The van der Waals surface area contributed by atoms with Crippen molar-refractivity contribution in [3.05, 3.63) is 29.3 Å². The highest BCUT2D eigenvalue weighted by Gasteiger charge is 2.29. The number of fused-ring (bicyclic) bond motifs is 1. The molecule has 0 saturated carbocycles. The summed E-state index contributed by atoms with van der Waals surface area (Å²) in [5.74, 6) is 0.251. The van der Waals surface area contributed by atoms with Gasteiger partial charge in [-0.3, -0.25) is 0 Å². The fourth-order valence-electron chi connectivity index (χ4n) is 3.19. The third kappa shape index (κ3) is 2.50. The predicted octanol–water partition coefficient (Wildman–Crippen LogP) is 1.57. The second-order valence-electron chi connectivity index (χ2n) is 5.81. The van der Waals surface area contributed by atoms with Crippen molar-refractivity contribution >= 4 is 10.0 Å². The van der Waals surface area contributed by atoms with Gasteiger partial charge in [0.25, 0.3) is 0 Å². The zero-order valence-corrected chi connectivity index (χ0v) is 12.4. The zero-order chi connectivity index (χ0) is 14.2. The van der Waals surface area contributed by atoms with Crippen LogP contribution in [0.5, 0.6) is 0 Å². The van der Waals surface area contributed by atoms with E-state index >= 15 is 0 Å². The first-order chi connectivity index (χ1) is 9.61. The number of nitrogens with zero attached hydrogens (tertiary/aromatic N) is 1. The number of rotatable bonds is 3. The fraction of sp³-hybridized carbons (Fsp3) is 0.600. The summed E-state index contributed by atoms with van der Waals surface area (Å²) < 4.78 is 26.9. The lowest BCUT2D eigenvalue weighted by molar-refractivity contribution is 0.170. The Hall–Kier alpha value is -0.910. The maximum absolute atomic E-state index is 12.6. The topological polar surface area (TPSA) is 57.6 Å². The summed E-state index contributed by atoms with van der Waals surface area (Å²) in [6, 6.07) is 5.57. The molecule has 4 nitrogen and oxygen atoms in total. The fourth-order valence-corrected chi connectivity index (χ4v) is 4.71. The first-order valence-electron chi connectivity index (χ1n) is 7.34. The van der Waals surface area contributed by atoms with Gasteiger partial charge in [0.05, 0.1) is 4.90 Å². The summed E-state index contributed by atoms with van der Waals surface area (Å²) in [5.41, 5.74) is 2.49. The molecule has 1 fully saturated rings. The first kappa shape index (κ1) is 14.0. The number of hydrogen-bond acceptors (Lipinski definition) is 3. The van der Waals surface area contributed by atoms with Crippen LogP contribution < -0.4 is 0 Å². The Bertz CT molecular complexity index is 589. The third-order valence-electron chi connectivity index (χ3n) is 4.54. The van der Waals surface area contributed by atoms with Crippen LogP contribution in [0, 0.1) is 5.92 Å². The van der Waals surface area contributed by atoms with Crippen molar-refractivity contribution in [2.45, 2.75) is 37.0 Å². The SMILES string of the molecule is O=S(=O)(c1ccc2c(c1)CCC2)N1CCC(CO)CC1. The van der Waals surface area contributed by atoms with Crippen LogP contribution in [0.2, 0.25) is 0 Å². The predicted molar refractivity (Wildman–Crippen MR) is 77.0 cm³/mol. The Balaban J connectivity index is 1.82. The minimum absolute atomic E-state index is 0.159. The number of hydrogen-bond donors (Lipinski definition) is 1.